The maximum Gasteiger partial charge on any atom is 0.243 e. The maximum absolute atomic E-state index is 12.3. The van der Waals surface area contributed by atoms with E-state index in [1.807, 2.05) is 32.0 Å². The lowest BCUT2D eigenvalue weighted by Gasteiger charge is -2.23. The Labute approximate surface area is 180 Å². The summed E-state index contributed by atoms with van der Waals surface area (Å²) < 4.78 is 0. The molecule has 0 saturated heterocycles. The molecule has 3 N–H and O–H groups in total. The summed E-state index contributed by atoms with van der Waals surface area (Å²) in [5, 5.41) is 8.88. The molecule has 0 aliphatic carbocycles. The van der Waals surface area contributed by atoms with Crippen LogP contribution in [0.2, 0.25) is 0 Å². The van der Waals surface area contributed by atoms with Crippen molar-refractivity contribution in [2.45, 2.75) is 53.5 Å². The van der Waals surface area contributed by atoms with Gasteiger partial charge in [-0.3, -0.25) is 9.59 Å². The number of carbonyl (C=O) groups excluding carboxylic acids is 2. The van der Waals surface area contributed by atoms with Gasteiger partial charge < -0.3 is 16.0 Å². The zero-order chi connectivity index (χ0) is 22.3. The number of nitrogens with one attached hydrogen (secondary N) is 3. The van der Waals surface area contributed by atoms with Crippen molar-refractivity contribution >= 4 is 17.5 Å². The standard InChI is InChI=1S/C25H35N3O2/c1-16(2)20-10-12-21(13-11-20)25(17(3)4)27-14-23(29)26-15-24(30)28-22-9-7-8-18(5)19(22)6/h7-13,16-17,25,27H,14-15H2,1-6H3,(H,26,29)(H,28,30)/t25-/m0/s1. The van der Waals surface area contributed by atoms with Crippen LogP contribution in [0.4, 0.5) is 5.69 Å². The van der Waals surface area contributed by atoms with Crippen molar-refractivity contribution in [1.29, 1.82) is 0 Å². The van der Waals surface area contributed by atoms with E-state index in [1.165, 1.54) is 5.56 Å². The summed E-state index contributed by atoms with van der Waals surface area (Å²) in [4.78, 5) is 24.5. The summed E-state index contributed by atoms with van der Waals surface area (Å²) in [6.07, 6.45) is 0. The van der Waals surface area contributed by atoms with Gasteiger partial charge in [-0.15, -0.1) is 0 Å². The molecule has 162 valence electrons. The smallest absolute Gasteiger partial charge is 0.243 e. The molecule has 0 aliphatic heterocycles. The number of anilines is 1. The molecule has 0 bridgehead atoms. The number of hydrogen-bond donors (Lipinski definition) is 3. The van der Waals surface area contributed by atoms with Gasteiger partial charge >= 0.3 is 0 Å². The minimum Gasteiger partial charge on any atom is -0.346 e. The highest BCUT2D eigenvalue weighted by Crippen LogP contribution is 2.24. The molecule has 5 nitrogen and oxygen atoms in total. The molecular formula is C25H35N3O2. The fourth-order valence-corrected chi connectivity index (χ4v) is 3.35. The van der Waals surface area contributed by atoms with Gasteiger partial charge in [0.15, 0.2) is 0 Å². The third-order valence-corrected chi connectivity index (χ3v) is 5.44. The lowest BCUT2D eigenvalue weighted by Crippen LogP contribution is -2.40. The van der Waals surface area contributed by atoms with Gasteiger partial charge in [-0.1, -0.05) is 64.1 Å². The summed E-state index contributed by atoms with van der Waals surface area (Å²) in [6, 6.07) is 14.4. The van der Waals surface area contributed by atoms with Gasteiger partial charge in [0.25, 0.3) is 0 Å². The lowest BCUT2D eigenvalue weighted by atomic mass is 9.93. The second kappa shape index (κ2) is 10.9. The zero-order valence-corrected chi connectivity index (χ0v) is 19.0. The van der Waals surface area contributed by atoms with Crippen molar-refractivity contribution in [3.63, 3.8) is 0 Å². The molecule has 2 aromatic rings. The Balaban J connectivity index is 1.85. The number of carbonyl (C=O) groups is 2. The topological polar surface area (TPSA) is 70.2 Å². The Morgan fingerprint density at radius 3 is 2.07 bits per heavy atom. The van der Waals surface area contributed by atoms with Crippen LogP contribution in [0, 0.1) is 19.8 Å². The molecule has 0 aromatic heterocycles. The second-order valence-corrected chi connectivity index (χ2v) is 8.50. The number of aryl methyl sites for hydroxylation is 1. The molecule has 0 fully saturated rings. The van der Waals surface area contributed by atoms with Crippen LogP contribution < -0.4 is 16.0 Å². The van der Waals surface area contributed by atoms with Gasteiger partial charge in [-0.25, -0.2) is 0 Å². The van der Waals surface area contributed by atoms with Crippen LogP contribution in [-0.2, 0) is 9.59 Å². The van der Waals surface area contributed by atoms with Crippen LogP contribution in [0.1, 0.15) is 61.9 Å². The molecule has 0 unspecified atom stereocenters. The average molecular weight is 410 g/mol. The second-order valence-electron chi connectivity index (χ2n) is 8.50. The van der Waals surface area contributed by atoms with E-state index >= 15 is 0 Å². The summed E-state index contributed by atoms with van der Waals surface area (Å²) in [7, 11) is 0. The first-order valence-electron chi connectivity index (χ1n) is 10.6. The molecule has 0 aliphatic rings. The molecule has 2 rings (SSSR count). The lowest BCUT2D eigenvalue weighted by molar-refractivity contribution is -0.123. The van der Waals surface area contributed by atoms with E-state index in [-0.39, 0.29) is 30.9 Å². The van der Waals surface area contributed by atoms with Crippen molar-refractivity contribution in [2.24, 2.45) is 5.92 Å². The largest absolute Gasteiger partial charge is 0.346 e. The zero-order valence-electron chi connectivity index (χ0n) is 19.0. The molecule has 0 spiro atoms. The molecule has 1 atom stereocenters. The van der Waals surface area contributed by atoms with Gasteiger partial charge in [-0.05, 0) is 54.0 Å². The van der Waals surface area contributed by atoms with Gasteiger partial charge in [0.2, 0.25) is 11.8 Å². The minimum atomic E-state index is -0.235. The Bertz CT molecular complexity index is 857. The molecule has 0 saturated carbocycles. The first kappa shape index (κ1) is 23.6. The monoisotopic (exact) mass is 409 g/mol. The van der Waals surface area contributed by atoms with Crippen LogP contribution >= 0.6 is 0 Å². The minimum absolute atomic E-state index is 0.0523. The highest BCUT2D eigenvalue weighted by atomic mass is 16.2. The number of amides is 2. The van der Waals surface area contributed by atoms with Crippen LogP contribution in [-0.4, -0.2) is 24.9 Å². The van der Waals surface area contributed by atoms with Crippen LogP contribution in [0.25, 0.3) is 0 Å². The average Bonchev–Trinajstić information content (AvgIpc) is 2.70. The predicted octanol–water partition coefficient (Wildman–Crippen LogP) is 4.47. The Kier molecular flexibility index (Phi) is 8.60. The van der Waals surface area contributed by atoms with E-state index in [0.29, 0.717) is 11.8 Å². The van der Waals surface area contributed by atoms with Crippen LogP contribution in [0.3, 0.4) is 0 Å². The Morgan fingerprint density at radius 1 is 0.833 bits per heavy atom. The van der Waals surface area contributed by atoms with Gasteiger partial charge in [0.1, 0.15) is 0 Å². The van der Waals surface area contributed by atoms with E-state index < -0.39 is 0 Å². The number of hydrogen-bond acceptors (Lipinski definition) is 3. The normalized spacial score (nSPS) is 12.1. The van der Waals surface area contributed by atoms with E-state index in [4.69, 9.17) is 0 Å². The first-order valence-corrected chi connectivity index (χ1v) is 10.6. The van der Waals surface area contributed by atoms with Crippen molar-refractivity contribution in [3.05, 3.63) is 64.7 Å². The van der Waals surface area contributed by atoms with E-state index in [9.17, 15) is 9.59 Å². The summed E-state index contributed by atoms with van der Waals surface area (Å²) in [5.41, 5.74) is 5.38. The highest BCUT2D eigenvalue weighted by Gasteiger charge is 2.17. The molecular weight excluding hydrogens is 374 g/mol. The van der Waals surface area contributed by atoms with Crippen LogP contribution in [0.15, 0.2) is 42.5 Å². The molecule has 0 radical (unpaired) electrons. The number of benzene rings is 2. The first-order chi connectivity index (χ1) is 14.2. The van der Waals surface area contributed by atoms with Crippen molar-refractivity contribution in [2.75, 3.05) is 18.4 Å². The van der Waals surface area contributed by atoms with E-state index in [1.54, 1.807) is 0 Å². The Morgan fingerprint density at radius 2 is 1.47 bits per heavy atom. The third-order valence-electron chi connectivity index (χ3n) is 5.44. The van der Waals surface area contributed by atoms with Crippen molar-refractivity contribution in [3.8, 4) is 0 Å². The highest BCUT2D eigenvalue weighted by molar-refractivity contribution is 5.95. The van der Waals surface area contributed by atoms with Crippen LogP contribution in [0.5, 0.6) is 0 Å². The van der Waals surface area contributed by atoms with Gasteiger partial charge in [0.05, 0.1) is 13.1 Å². The number of rotatable bonds is 9. The van der Waals surface area contributed by atoms with Crippen molar-refractivity contribution in [1.82, 2.24) is 10.6 Å². The van der Waals surface area contributed by atoms with Gasteiger partial charge in [0, 0.05) is 11.7 Å². The molecule has 30 heavy (non-hydrogen) atoms. The molecule has 5 heteroatoms. The van der Waals surface area contributed by atoms with Gasteiger partial charge in [-0.2, -0.15) is 0 Å². The van der Waals surface area contributed by atoms with E-state index in [2.05, 4.69) is 67.9 Å². The fraction of sp³-hybridized carbons (Fsp3) is 0.440. The SMILES string of the molecule is Cc1cccc(NC(=O)CNC(=O)CN[C@H](c2ccc(C(C)C)cc2)C(C)C)c1C. The van der Waals surface area contributed by atoms with E-state index in [0.717, 1.165) is 22.4 Å². The molecule has 2 amide bonds. The quantitative estimate of drug-likeness (QED) is 0.572. The maximum atomic E-state index is 12.3. The molecule has 0 heterocycles. The predicted molar refractivity (Wildman–Crippen MR) is 124 cm³/mol. The summed E-state index contributed by atoms with van der Waals surface area (Å²) in [5.74, 6) is 0.387. The summed E-state index contributed by atoms with van der Waals surface area (Å²) in [6.45, 7) is 12.7. The molecule has 2 aromatic carbocycles. The van der Waals surface area contributed by atoms with Crippen molar-refractivity contribution < 1.29 is 9.59 Å². The third kappa shape index (κ3) is 6.70. The summed E-state index contributed by atoms with van der Waals surface area (Å²) >= 11 is 0. The fourth-order valence-electron chi connectivity index (χ4n) is 3.35. The Hall–Kier alpha value is -2.66.